The van der Waals surface area contributed by atoms with E-state index in [1.165, 1.54) is 0 Å². The molecule has 2 N–H and O–H groups in total. The van der Waals surface area contributed by atoms with Crippen molar-refractivity contribution in [1.82, 2.24) is 20.2 Å². The fourth-order valence-corrected chi connectivity index (χ4v) is 5.52. The number of hydrogen-bond acceptors (Lipinski definition) is 6. The SMILES string of the molecule is Cc1cc(C#N)ccc1C1=CCN(C(=O)C2CCN(C(=NC#N)N3CCCC3)CC2C(=O)NO)CC1. The summed E-state index contributed by atoms with van der Waals surface area (Å²) in [4.78, 5) is 35.9. The number of likely N-dealkylation sites (tertiary alicyclic amines) is 2. The number of aryl methyl sites for hydroxylation is 1. The number of amides is 2. The molecule has 2 unspecified atom stereocenters. The molecule has 36 heavy (non-hydrogen) atoms. The Hall–Kier alpha value is -3.89. The van der Waals surface area contributed by atoms with E-state index in [1.807, 2.05) is 41.1 Å². The summed E-state index contributed by atoms with van der Waals surface area (Å²) in [6.45, 7) is 5.27. The maximum absolute atomic E-state index is 13.5. The third-order valence-electron chi connectivity index (χ3n) is 7.42. The van der Waals surface area contributed by atoms with Crippen LogP contribution in [0.3, 0.4) is 0 Å². The van der Waals surface area contributed by atoms with Crippen LogP contribution in [0, 0.1) is 41.5 Å². The molecule has 1 aromatic rings. The zero-order valence-electron chi connectivity index (χ0n) is 20.5. The first-order valence-electron chi connectivity index (χ1n) is 12.4. The Morgan fingerprint density at radius 1 is 1.08 bits per heavy atom. The van der Waals surface area contributed by atoms with Gasteiger partial charge >= 0.3 is 0 Å². The summed E-state index contributed by atoms with van der Waals surface area (Å²) in [5, 5.41) is 27.7. The van der Waals surface area contributed by atoms with Crippen LogP contribution in [0.5, 0.6) is 0 Å². The molecule has 2 atom stereocenters. The Balaban J connectivity index is 1.47. The van der Waals surface area contributed by atoms with E-state index in [2.05, 4.69) is 11.1 Å². The molecule has 0 aromatic heterocycles. The third kappa shape index (κ3) is 5.19. The number of piperidine rings is 1. The van der Waals surface area contributed by atoms with Crippen LogP contribution in [-0.4, -0.2) is 76.9 Å². The number of carbonyl (C=O) groups is 2. The second-order valence-electron chi connectivity index (χ2n) is 9.53. The first kappa shape index (κ1) is 25.2. The molecule has 2 fully saturated rings. The lowest BCUT2D eigenvalue weighted by Gasteiger charge is -2.41. The van der Waals surface area contributed by atoms with Crippen molar-refractivity contribution in [3.8, 4) is 12.3 Å². The average molecular weight is 490 g/mol. The van der Waals surface area contributed by atoms with E-state index in [0.29, 0.717) is 44.0 Å². The lowest BCUT2D eigenvalue weighted by molar-refractivity contribution is -0.147. The summed E-state index contributed by atoms with van der Waals surface area (Å²) in [6.07, 6.45) is 7.06. The van der Waals surface area contributed by atoms with E-state index in [0.717, 1.165) is 42.6 Å². The minimum atomic E-state index is -0.756. The van der Waals surface area contributed by atoms with E-state index in [1.54, 1.807) is 16.4 Å². The maximum Gasteiger partial charge on any atom is 0.249 e. The maximum atomic E-state index is 13.5. The molecular weight excluding hydrogens is 458 g/mol. The van der Waals surface area contributed by atoms with Crippen LogP contribution in [-0.2, 0) is 9.59 Å². The molecule has 10 heteroatoms. The van der Waals surface area contributed by atoms with Gasteiger partial charge in [-0.25, -0.2) is 5.48 Å². The van der Waals surface area contributed by atoms with Crippen molar-refractivity contribution in [2.24, 2.45) is 16.8 Å². The number of guanidine groups is 1. The molecule has 0 spiro atoms. The average Bonchev–Trinajstić information content (AvgIpc) is 3.45. The molecule has 0 radical (unpaired) electrons. The van der Waals surface area contributed by atoms with Gasteiger partial charge in [-0.3, -0.25) is 14.8 Å². The van der Waals surface area contributed by atoms with Gasteiger partial charge in [0.2, 0.25) is 24.0 Å². The summed E-state index contributed by atoms with van der Waals surface area (Å²) >= 11 is 0. The summed E-state index contributed by atoms with van der Waals surface area (Å²) in [5.41, 5.74) is 5.61. The van der Waals surface area contributed by atoms with Gasteiger partial charge in [0.1, 0.15) is 0 Å². The first-order chi connectivity index (χ1) is 17.5. The van der Waals surface area contributed by atoms with Crippen LogP contribution in [0.1, 0.15) is 42.4 Å². The molecule has 188 valence electrons. The van der Waals surface area contributed by atoms with Crippen LogP contribution in [0.15, 0.2) is 29.3 Å². The highest BCUT2D eigenvalue weighted by atomic mass is 16.5. The fourth-order valence-electron chi connectivity index (χ4n) is 5.52. The Bertz CT molecular complexity index is 1160. The number of nitriles is 2. The number of rotatable bonds is 3. The van der Waals surface area contributed by atoms with Gasteiger partial charge in [-0.15, -0.1) is 4.99 Å². The van der Waals surface area contributed by atoms with Crippen LogP contribution >= 0.6 is 0 Å². The van der Waals surface area contributed by atoms with E-state index in [-0.39, 0.29) is 12.5 Å². The number of nitrogens with one attached hydrogen (secondary N) is 1. The largest absolute Gasteiger partial charge is 0.342 e. The Kier molecular flexibility index (Phi) is 7.87. The third-order valence-corrected chi connectivity index (χ3v) is 7.42. The fraction of sp³-hybridized carbons (Fsp3) is 0.500. The summed E-state index contributed by atoms with van der Waals surface area (Å²) in [5.74, 6) is -1.48. The second kappa shape index (κ2) is 11.2. The predicted molar refractivity (Wildman–Crippen MR) is 132 cm³/mol. The van der Waals surface area contributed by atoms with Crippen molar-refractivity contribution in [2.45, 2.75) is 32.6 Å². The number of aliphatic imine (C=N–C) groups is 1. The highest BCUT2D eigenvalue weighted by molar-refractivity contribution is 5.89. The van der Waals surface area contributed by atoms with E-state index < -0.39 is 17.7 Å². The minimum Gasteiger partial charge on any atom is -0.342 e. The van der Waals surface area contributed by atoms with Crippen molar-refractivity contribution < 1.29 is 14.8 Å². The minimum absolute atomic E-state index is 0.102. The molecule has 0 aliphatic carbocycles. The van der Waals surface area contributed by atoms with Crippen LogP contribution in [0.25, 0.3) is 5.57 Å². The molecule has 2 amide bonds. The van der Waals surface area contributed by atoms with Crippen LogP contribution in [0.2, 0.25) is 0 Å². The Morgan fingerprint density at radius 3 is 2.47 bits per heavy atom. The monoisotopic (exact) mass is 489 g/mol. The van der Waals surface area contributed by atoms with Crippen LogP contribution in [0.4, 0.5) is 0 Å². The quantitative estimate of drug-likeness (QED) is 0.217. The van der Waals surface area contributed by atoms with Crippen LogP contribution < -0.4 is 5.48 Å². The number of carbonyl (C=O) groups excluding carboxylic acids is 2. The van der Waals surface area contributed by atoms with Gasteiger partial charge in [0, 0.05) is 39.3 Å². The first-order valence-corrected chi connectivity index (χ1v) is 12.4. The van der Waals surface area contributed by atoms with Gasteiger partial charge in [0.15, 0.2) is 0 Å². The van der Waals surface area contributed by atoms with Gasteiger partial charge in [-0.05, 0) is 61.4 Å². The van der Waals surface area contributed by atoms with Gasteiger partial charge in [-0.2, -0.15) is 10.5 Å². The van der Waals surface area contributed by atoms with E-state index in [9.17, 15) is 20.1 Å². The number of hydrogen-bond donors (Lipinski definition) is 2. The number of nitrogens with zero attached hydrogens (tertiary/aromatic N) is 6. The summed E-state index contributed by atoms with van der Waals surface area (Å²) in [6, 6.07) is 7.78. The van der Waals surface area contributed by atoms with Gasteiger partial charge in [0.25, 0.3) is 0 Å². The lowest BCUT2D eigenvalue weighted by Crippen LogP contribution is -2.56. The molecule has 4 rings (SSSR count). The normalized spacial score (nSPS) is 22.5. The zero-order chi connectivity index (χ0) is 25.7. The smallest absolute Gasteiger partial charge is 0.249 e. The highest BCUT2D eigenvalue weighted by Crippen LogP contribution is 2.31. The lowest BCUT2D eigenvalue weighted by atomic mass is 9.83. The molecule has 10 nitrogen and oxygen atoms in total. The van der Waals surface area contributed by atoms with Gasteiger partial charge in [-0.1, -0.05) is 12.1 Å². The molecule has 0 bridgehead atoms. The Morgan fingerprint density at radius 2 is 1.86 bits per heavy atom. The summed E-state index contributed by atoms with van der Waals surface area (Å²) in [7, 11) is 0. The number of benzene rings is 1. The zero-order valence-corrected chi connectivity index (χ0v) is 20.5. The molecule has 1 aromatic carbocycles. The Labute approximate surface area is 211 Å². The van der Waals surface area contributed by atoms with Gasteiger partial charge in [0.05, 0.1) is 23.5 Å². The van der Waals surface area contributed by atoms with Gasteiger partial charge < -0.3 is 14.7 Å². The van der Waals surface area contributed by atoms with Crippen molar-refractivity contribution in [3.05, 3.63) is 41.0 Å². The standard InChI is InChI=1S/C26H31N7O3/c1-18-14-19(15-27)4-5-21(18)20-6-11-31(12-7-20)25(35)22-8-13-33(16-23(22)24(34)30-36)26(29-17-28)32-9-2-3-10-32/h4-6,14,22-23,36H,2-3,7-13,16H2,1H3,(H,30,34). The molecule has 2 saturated heterocycles. The van der Waals surface area contributed by atoms with Crippen molar-refractivity contribution in [3.63, 3.8) is 0 Å². The van der Waals surface area contributed by atoms with E-state index >= 15 is 0 Å². The molecule has 3 aliphatic heterocycles. The van der Waals surface area contributed by atoms with Crippen molar-refractivity contribution in [2.75, 3.05) is 39.3 Å². The van der Waals surface area contributed by atoms with Crippen molar-refractivity contribution in [1.29, 1.82) is 10.5 Å². The molecule has 3 aliphatic rings. The van der Waals surface area contributed by atoms with Crippen molar-refractivity contribution >= 4 is 23.3 Å². The highest BCUT2D eigenvalue weighted by Gasteiger charge is 2.42. The predicted octanol–water partition coefficient (Wildman–Crippen LogP) is 1.86. The molecular formula is C26H31N7O3. The molecule has 3 heterocycles. The summed E-state index contributed by atoms with van der Waals surface area (Å²) < 4.78 is 0. The molecule has 0 saturated carbocycles. The second-order valence-corrected chi connectivity index (χ2v) is 9.53. The van der Waals surface area contributed by atoms with E-state index in [4.69, 9.17) is 5.26 Å². The topological polar surface area (TPSA) is 136 Å². The number of hydroxylamine groups is 1.